The fraction of sp³-hybridized carbons (Fsp3) is 0.500. The van der Waals surface area contributed by atoms with Crippen molar-refractivity contribution in [1.82, 2.24) is 5.32 Å². The molecule has 0 amide bonds. The highest BCUT2D eigenvalue weighted by molar-refractivity contribution is 7.93. The van der Waals surface area contributed by atoms with E-state index in [0.29, 0.717) is 13.0 Å². The lowest BCUT2D eigenvalue weighted by atomic mass is 10.2. The summed E-state index contributed by atoms with van der Waals surface area (Å²) in [7, 11) is -3.68. The van der Waals surface area contributed by atoms with E-state index in [1.807, 2.05) is 0 Å². The van der Waals surface area contributed by atoms with Gasteiger partial charge in [-0.25, -0.2) is 8.42 Å². The maximum atomic E-state index is 12.6. The first kappa shape index (κ1) is 15.1. The van der Waals surface area contributed by atoms with Gasteiger partial charge >= 0.3 is 6.18 Å². The Morgan fingerprint density at radius 2 is 2.05 bits per heavy atom. The first-order valence-electron chi connectivity index (χ1n) is 6.19. The number of piperidine rings is 1. The summed E-state index contributed by atoms with van der Waals surface area (Å²) in [6, 6.07) is 4.19. The SMILES string of the molecule is O=S(=O)(Nc1cccc(C(F)(F)F)c1)C1CCCNC1. The van der Waals surface area contributed by atoms with Crippen LogP contribution in [0, 0.1) is 0 Å². The summed E-state index contributed by atoms with van der Waals surface area (Å²) in [6.07, 6.45) is -3.26. The fourth-order valence-corrected chi connectivity index (χ4v) is 3.53. The van der Waals surface area contributed by atoms with Gasteiger partial charge < -0.3 is 5.32 Å². The number of anilines is 1. The Hall–Kier alpha value is -1.28. The van der Waals surface area contributed by atoms with Gasteiger partial charge in [0.2, 0.25) is 10.0 Å². The van der Waals surface area contributed by atoms with Crippen molar-refractivity contribution in [1.29, 1.82) is 0 Å². The Kier molecular flexibility index (Phi) is 4.24. The molecule has 1 atom stereocenters. The lowest BCUT2D eigenvalue weighted by molar-refractivity contribution is -0.137. The summed E-state index contributed by atoms with van der Waals surface area (Å²) in [5.41, 5.74) is -0.940. The fourth-order valence-electron chi connectivity index (χ4n) is 2.09. The molecule has 1 aromatic carbocycles. The number of halogens is 3. The Balaban J connectivity index is 2.17. The third-order valence-electron chi connectivity index (χ3n) is 3.14. The average molecular weight is 308 g/mol. The van der Waals surface area contributed by atoms with Gasteiger partial charge in [-0.05, 0) is 37.6 Å². The highest BCUT2D eigenvalue weighted by Gasteiger charge is 2.31. The second kappa shape index (κ2) is 5.61. The zero-order valence-corrected chi connectivity index (χ0v) is 11.4. The monoisotopic (exact) mass is 308 g/mol. The summed E-state index contributed by atoms with van der Waals surface area (Å²) in [4.78, 5) is 0. The molecule has 1 aromatic rings. The van der Waals surface area contributed by atoms with Gasteiger partial charge in [-0.2, -0.15) is 13.2 Å². The third-order valence-corrected chi connectivity index (χ3v) is 4.94. The van der Waals surface area contributed by atoms with Crippen LogP contribution in [0.5, 0.6) is 0 Å². The van der Waals surface area contributed by atoms with E-state index in [1.165, 1.54) is 12.1 Å². The second-order valence-electron chi connectivity index (χ2n) is 4.69. The summed E-state index contributed by atoms with van der Waals surface area (Å²) in [5, 5.41) is 2.34. The van der Waals surface area contributed by atoms with Crippen molar-refractivity contribution in [3.05, 3.63) is 29.8 Å². The molecular formula is C12H15F3N2O2S. The molecular weight excluding hydrogens is 293 g/mol. The van der Waals surface area contributed by atoms with Crippen molar-refractivity contribution < 1.29 is 21.6 Å². The van der Waals surface area contributed by atoms with E-state index >= 15 is 0 Å². The molecule has 20 heavy (non-hydrogen) atoms. The maximum absolute atomic E-state index is 12.6. The number of benzene rings is 1. The van der Waals surface area contributed by atoms with Crippen LogP contribution in [0.3, 0.4) is 0 Å². The molecule has 0 saturated carbocycles. The summed E-state index contributed by atoms with van der Waals surface area (Å²) in [5.74, 6) is 0. The largest absolute Gasteiger partial charge is 0.416 e. The molecule has 1 aliphatic rings. The van der Waals surface area contributed by atoms with Gasteiger partial charge in [-0.3, -0.25) is 4.72 Å². The van der Waals surface area contributed by atoms with Crippen LogP contribution in [0.25, 0.3) is 0 Å². The summed E-state index contributed by atoms with van der Waals surface area (Å²) in [6.45, 7) is 1.07. The van der Waals surface area contributed by atoms with Gasteiger partial charge in [-0.1, -0.05) is 6.07 Å². The van der Waals surface area contributed by atoms with Crippen LogP contribution >= 0.6 is 0 Å². The number of nitrogens with one attached hydrogen (secondary N) is 2. The molecule has 1 saturated heterocycles. The summed E-state index contributed by atoms with van der Waals surface area (Å²) >= 11 is 0. The van der Waals surface area contributed by atoms with E-state index < -0.39 is 27.0 Å². The molecule has 0 radical (unpaired) electrons. The minimum atomic E-state index is -4.49. The molecule has 0 aromatic heterocycles. The van der Waals surface area contributed by atoms with E-state index in [2.05, 4.69) is 10.0 Å². The molecule has 4 nitrogen and oxygen atoms in total. The predicted octanol–water partition coefficient (Wildman–Crippen LogP) is 2.20. The normalized spacial score (nSPS) is 20.6. The van der Waals surface area contributed by atoms with Crippen molar-refractivity contribution in [3.8, 4) is 0 Å². The molecule has 2 rings (SSSR count). The van der Waals surface area contributed by atoms with Crippen molar-refractivity contribution in [2.45, 2.75) is 24.3 Å². The molecule has 0 bridgehead atoms. The van der Waals surface area contributed by atoms with Gasteiger partial charge in [0.15, 0.2) is 0 Å². The van der Waals surface area contributed by atoms with Crippen LogP contribution in [-0.2, 0) is 16.2 Å². The molecule has 112 valence electrons. The summed E-state index contributed by atoms with van der Waals surface area (Å²) < 4.78 is 64.1. The minimum Gasteiger partial charge on any atom is -0.315 e. The molecule has 0 aliphatic carbocycles. The molecule has 1 heterocycles. The van der Waals surface area contributed by atoms with Crippen molar-refractivity contribution in [3.63, 3.8) is 0 Å². The molecule has 1 aliphatic heterocycles. The van der Waals surface area contributed by atoms with Gasteiger partial charge in [-0.15, -0.1) is 0 Å². The Morgan fingerprint density at radius 3 is 2.65 bits per heavy atom. The topological polar surface area (TPSA) is 58.2 Å². The first-order valence-corrected chi connectivity index (χ1v) is 7.73. The van der Waals surface area contributed by atoms with Crippen molar-refractivity contribution >= 4 is 15.7 Å². The Morgan fingerprint density at radius 1 is 1.30 bits per heavy atom. The van der Waals surface area contributed by atoms with Gasteiger partial charge in [0.25, 0.3) is 0 Å². The van der Waals surface area contributed by atoms with Crippen LogP contribution in [0.1, 0.15) is 18.4 Å². The number of hydrogen-bond acceptors (Lipinski definition) is 3. The minimum absolute atomic E-state index is 0.0644. The number of alkyl halides is 3. The van der Waals surface area contributed by atoms with Crippen molar-refractivity contribution in [2.24, 2.45) is 0 Å². The van der Waals surface area contributed by atoms with Crippen LogP contribution in [-0.4, -0.2) is 26.8 Å². The first-order chi connectivity index (χ1) is 9.29. The smallest absolute Gasteiger partial charge is 0.315 e. The third kappa shape index (κ3) is 3.63. The highest BCUT2D eigenvalue weighted by atomic mass is 32.2. The quantitative estimate of drug-likeness (QED) is 0.900. The zero-order chi connectivity index (χ0) is 14.8. The molecule has 2 N–H and O–H groups in total. The van der Waals surface area contributed by atoms with Crippen molar-refractivity contribution in [2.75, 3.05) is 17.8 Å². The van der Waals surface area contributed by atoms with E-state index in [4.69, 9.17) is 0 Å². The zero-order valence-electron chi connectivity index (χ0n) is 10.6. The lowest BCUT2D eigenvalue weighted by Crippen LogP contribution is -2.41. The van der Waals surface area contributed by atoms with Crippen LogP contribution in [0.15, 0.2) is 24.3 Å². The standard InChI is InChI=1S/C12H15F3N2O2S/c13-12(14,15)9-3-1-4-10(7-9)17-20(18,19)11-5-2-6-16-8-11/h1,3-4,7,11,16-17H,2,5-6,8H2. The maximum Gasteiger partial charge on any atom is 0.416 e. The van der Waals surface area contributed by atoms with Crippen LogP contribution < -0.4 is 10.0 Å². The second-order valence-corrected chi connectivity index (χ2v) is 6.65. The molecule has 8 heteroatoms. The van der Waals surface area contributed by atoms with Gasteiger partial charge in [0.1, 0.15) is 0 Å². The number of sulfonamides is 1. The average Bonchev–Trinajstić information content (AvgIpc) is 2.38. The predicted molar refractivity (Wildman–Crippen MR) is 69.9 cm³/mol. The number of hydrogen-bond donors (Lipinski definition) is 2. The van der Waals surface area contributed by atoms with E-state index in [0.717, 1.165) is 25.1 Å². The van der Waals surface area contributed by atoms with Gasteiger partial charge in [0, 0.05) is 12.2 Å². The molecule has 0 spiro atoms. The number of rotatable bonds is 3. The molecule has 1 fully saturated rings. The van der Waals surface area contributed by atoms with Gasteiger partial charge in [0.05, 0.1) is 10.8 Å². The highest BCUT2D eigenvalue weighted by Crippen LogP contribution is 2.31. The Labute approximate surface area is 115 Å². The van der Waals surface area contributed by atoms with E-state index in [9.17, 15) is 21.6 Å². The van der Waals surface area contributed by atoms with E-state index in [-0.39, 0.29) is 5.69 Å². The molecule has 1 unspecified atom stereocenters. The lowest BCUT2D eigenvalue weighted by Gasteiger charge is -2.23. The Bertz CT molecular complexity index is 566. The van der Waals surface area contributed by atoms with Crippen LogP contribution in [0.2, 0.25) is 0 Å². The van der Waals surface area contributed by atoms with E-state index in [1.54, 1.807) is 0 Å². The van der Waals surface area contributed by atoms with Crippen LogP contribution in [0.4, 0.5) is 18.9 Å².